The first-order valence-electron chi connectivity index (χ1n) is 13.8. The average molecular weight is 591 g/mol. The Morgan fingerprint density at radius 1 is 1.10 bits per heavy atom. The van der Waals surface area contributed by atoms with Crippen LogP contribution < -0.4 is 16.4 Å². The molecule has 4 atom stereocenters. The van der Waals surface area contributed by atoms with Gasteiger partial charge in [-0.25, -0.2) is 4.98 Å². The van der Waals surface area contributed by atoms with Crippen LogP contribution in [-0.4, -0.2) is 52.7 Å². The third kappa shape index (κ3) is 11.9. The molecule has 1 heterocycles. The molecule has 0 fully saturated rings. The average Bonchev–Trinajstić information content (AvgIpc) is 3.39. The maximum Gasteiger partial charge on any atom is 0.307 e. The number of carbonyl (C=O) groups excluding carboxylic acids is 4. The highest BCUT2D eigenvalue weighted by molar-refractivity contribution is 7.09. The Morgan fingerprint density at radius 3 is 2.37 bits per heavy atom. The number of hydrogen-bond acceptors (Lipinski definition) is 10. The number of aromatic nitrogens is 1. The third-order valence-corrected chi connectivity index (χ3v) is 7.46. The topological polar surface area (TPSA) is 170 Å². The van der Waals surface area contributed by atoms with E-state index in [0.29, 0.717) is 37.1 Å². The van der Waals surface area contributed by atoms with E-state index in [1.54, 1.807) is 36.6 Å². The van der Waals surface area contributed by atoms with Gasteiger partial charge < -0.3 is 25.6 Å². The van der Waals surface area contributed by atoms with Crippen LogP contribution in [0.2, 0.25) is 0 Å². The molecule has 2 aromatic rings. The summed E-state index contributed by atoms with van der Waals surface area (Å²) in [5.74, 6) is -1.90. The van der Waals surface area contributed by atoms with Gasteiger partial charge >= 0.3 is 11.9 Å². The molecule has 2 amide bonds. The first-order valence-corrected chi connectivity index (χ1v) is 14.7. The number of aromatic hydroxyl groups is 1. The van der Waals surface area contributed by atoms with Gasteiger partial charge in [0.1, 0.15) is 23.2 Å². The fourth-order valence-corrected chi connectivity index (χ4v) is 5.02. The molecule has 0 saturated carbocycles. The Bertz CT molecular complexity index is 1150. The number of rotatable bonds is 17. The van der Waals surface area contributed by atoms with Gasteiger partial charge in [0.15, 0.2) is 6.10 Å². The van der Waals surface area contributed by atoms with Crippen molar-refractivity contribution >= 4 is 35.1 Å². The number of ether oxygens (including phenoxy) is 2. The molecule has 0 aliphatic rings. The Kier molecular flexibility index (Phi) is 13.7. The third-order valence-electron chi connectivity index (χ3n) is 6.52. The summed E-state index contributed by atoms with van der Waals surface area (Å²) in [5, 5.41) is 17.8. The van der Waals surface area contributed by atoms with E-state index >= 15 is 0 Å². The van der Waals surface area contributed by atoms with Crippen LogP contribution >= 0.6 is 11.3 Å². The number of nitrogens with one attached hydrogen (secondary N) is 2. The SMILES string of the molecule is CCCC(=O)OCN[C@H](C[C@@H](OC(C)=O)c1nc(C(=O)N[C@@H](Cc2ccc(O)cc2)C[C@H](C)C(N)=O)cs1)C(C)C. The Hall–Kier alpha value is -3.51. The molecule has 1 aromatic carbocycles. The highest BCUT2D eigenvalue weighted by Crippen LogP contribution is 2.28. The summed E-state index contributed by atoms with van der Waals surface area (Å²) in [5.41, 5.74) is 6.50. The molecule has 226 valence electrons. The van der Waals surface area contributed by atoms with Crippen LogP contribution in [0.25, 0.3) is 0 Å². The number of esters is 2. The number of thiazole rings is 1. The largest absolute Gasteiger partial charge is 0.508 e. The van der Waals surface area contributed by atoms with Gasteiger partial charge in [-0.3, -0.25) is 24.5 Å². The Labute approximate surface area is 245 Å². The van der Waals surface area contributed by atoms with Crippen LogP contribution in [0.4, 0.5) is 0 Å². The number of nitrogens with zero attached hydrogens (tertiary/aromatic N) is 1. The maximum absolute atomic E-state index is 13.2. The molecule has 0 unspecified atom stereocenters. The van der Waals surface area contributed by atoms with Gasteiger partial charge in [0.25, 0.3) is 5.91 Å². The van der Waals surface area contributed by atoms with E-state index in [4.69, 9.17) is 15.2 Å². The van der Waals surface area contributed by atoms with Crippen molar-refractivity contribution in [3.8, 4) is 5.75 Å². The molecular weight excluding hydrogens is 548 g/mol. The van der Waals surface area contributed by atoms with E-state index in [1.807, 2.05) is 20.8 Å². The minimum Gasteiger partial charge on any atom is -0.508 e. The highest BCUT2D eigenvalue weighted by atomic mass is 32.1. The maximum atomic E-state index is 13.2. The Morgan fingerprint density at radius 2 is 1.78 bits per heavy atom. The van der Waals surface area contributed by atoms with Crippen LogP contribution in [-0.2, 0) is 30.3 Å². The molecule has 41 heavy (non-hydrogen) atoms. The number of phenols is 1. The molecule has 12 heteroatoms. The van der Waals surface area contributed by atoms with Crippen LogP contribution in [0.15, 0.2) is 29.6 Å². The van der Waals surface area contributed by atoms with Crippen molar-refractivity contribution in [2.75, 3.05) is 6.73 Å². The molecule has 0 aliphatic heterocycles. The molecule has 2 rings (SSSR count). The van der Waals surface area contributed by atoms with E-state index < -0.39 is 35.8 Å². The lowest BCUT2D eigenvalue weighted by Gasteiger charge is -2.26. The summed E-state index contributed by atoms with van der Waals surface area (Å²) in [4.78, 5) is 53.1. The quantitative estimate of drug-likeness (QED) is 0.159. The van der Waals surface area contributed by atoms with Crippen molar-refractivity contribution in [1.29, 1.82) is 0 Å². The van der Waals surface area contributed by atoms with Crippen LogP contribution in [0, 0.1) is 11.8 Å². The van der Waals surface area contributed by atoms with Crippen molar-refractivity contribution in [1.82, 2.24) is 15.6 Å². The van der Waals surface area contributed by atoms with Crippen LogP contribution in [0.3, 0.4) is 0 Å². The zero-order chi connectivity index (χ0) is 30.5. The summed E-state index contributed by atoms with van der Waals surface area (Å²) in [6.07, 6.45) is 1.42. The first kappa shape index (κ1) is 33.7. The molecule has 0 saturated heterocycles. The summed E-state index contributed by atoms with van der Waals surface area (Å²) >= 11 is 1.20. The highest BCUT2D eigenvalue weighted by Gasteiger charge is 2.27. The fourth-order valence-electron chi connectivity index (χ4n) is 4.18. The molecule has 0 aliphatic carbocycles. The Balaban J connectivity index is 2.16. The molecule has 0 radical (unpaired) electrons. The predicted octanol–water partition coefficient (Wildman–Crippen LogP) is 3.61. The second-order valence-corrected chi connectivity index (χ2v) is 11.3. The normalized spacial score (nSPS) is 14.1. The van der Waals surface area contributed by atoms with Gasteiger partial charge in [0.05, 0.1) is 0 Å². The van der Waals surface area contributed by atoms with Crippen molar-refractivity contribution < 1.29 is 33.8 Å². The van der Waals surface area contributed by atoms with Crippen molar-refractivity contribution in [3.05, 3.63) is 45.9 Å². The zero-order valence-electron chi connectivity index (χ0n) is 24.3. The number of carbonyl (C=O) groups is 4. The molecule has 1 aromatic heterocycles. The number of amides is 2. The predicted molar refractivity (Wildman–Crippen MR) is 155 cm³/mol. The summed E-state index contributed by atoms with van der Waals surface area (Å²) in [6.45, 7) is 8.94. The summed E-state index contributed by atoms with van der Waals surface area (Å²) in [6, 6.07) is 6.02. The lowest BCUT2D eigenvalue weighted by molar-refractivity contribution is -0.147. The molecular formula is C29H42N4O7S. The summed E-state index contributed by atoms with van der Waals surface area (Å²) < 4.78 is 10.8. The summed E-state index contributed by atoms with van der Waals surface area (Å²) in [7, 11) is 0. The first-order chi connectivity index (χ1) is 19.4. The number of benzene rings is 1. The second kappa shape index (κ2) is 16.7. The second-order valence-electron chi connectivity index (χ2n) is 10.5. The number of primary amides is 1. The number of nitrogens with two attached hydrogens (primary N) is 1. The van der Waals surface area contributed by atoms with Crippen LogP contribution in [0.5, 0.6) is 5.75 Å². The van der Waals surface area contributed by atoms with E-state index in [0.717, 1.165) is 5.56 Å². The van der Waals surface area contributed by atoms with Crippen molar-refractivity contribution in [3.63, 3.8) is 0 Å². The van der Waals surface area contributed by atoms with Crippen molar-refractivity contribution in [2.24, 2.45) is 17.6 Å². The van der Waals surface area contributed by atoms with E-state index in [-0.39, 0.29) is 36.1 Å². The molecule has 0 bridgehead atoms. The van der Waals surface area contributed by atoms with Gasteiger partial charge in [-0.05, 0) is 42.9 Å². The number of phenolic OH excluding ortho intramolecular Hbond substituents is 1. The minimum absolute atomic E-state index is 0.0339. The fraction of sp³-hybridized carbons (Fsp3) is 0.552. The van der Waals surface area contributed by atoms with Gasteiger partial charge in [-0.15, -0.1) is 11.3 Å². The zero-order valence-corrected chi connectivity index (χ0v) is 25.2. The van der Waals surface area contributed by atoms with Gasteiger partial charge in [-0.2, -0.15) is 0 Å². The number of hydrogen-bond donors (Lipinski definition) is 4. The van der Waals surface area contributed by atoms with Crippen molar-refractivity contribution in [2.45, 2.75) is 84.9 Å². The van der Waals surface area contributed by atoms with E-state index in [9.17, 15) is 24.3 Å². The van der Waals surface area contributed by atoms with Gasteiger partial charge in [0, 0.05) is 43.1 Å². The molecule has 11 nitrogen and oxygen atoms in total. The van der Waals surface area contributed by atoms with Gasteiger partial charge in [0.2, 0.25) is 5.91 Å². The monoisotopic (exact) mass is 590 g/mol. The van der Waals surface area contributed by atoms with E-state index in [2.05, 4.69) is 15.6 Å². The lowest BCUT2D eigenvalue weighted by atomic mass is 9.95. The van der Waals surface area contributed by atoms with Crippen LogP contribution in [0.1, 0.15) is 87.5 Å². The molecule has 5 N–H and O–H groups in total. The smallest absolute Gasteiger partial charge is 0.307 e. The van der Waals surface area contributed by atoms with E-state index in [1.165, 1.54) is 18.3 Å². The molecule has 0 spiro atoms. The standard InChI is InChI=1S/C29H42N4O7S/c1-6-7-26(36)39-16-31-23(17(2)3)14-25(40-19(5)34)29-33-24(15-41-29)28(38)32-21(12-18(4)27(30)37)13-20-8-10-22(35)11-9-20/h8-11,15,17-18,21,23,25,31,35H,6-7,12-14,16H2,1-5H3,(H2,30,37)(H,32,38)/t18-,21+,23+,25+/m0/s1. The van der Waals surface area contributed by atoms with Gasteiger partial charge in [-0.1, -0.05) is 39.8 Å². The minimum atomic E-state index is -0.715. The lowest BCUT2D eigenvalue weighted by Crippen LogP contribution is -2.39.